The molecule has 3 heteroatoms. The van der Waals surface area contributed by atoms with Crippen molar-refractivity contribution >= 4 is 9.28 Å². The van der Waals surface area contributed by atoms with Crippen LogP contribution in [0.15, 0.2) is 11.8 Å². The van der Waals surface area contributed by atoms with Gasteiger partial charge in [0.2, 0.25) is 0 Å². The second-order valence-corrected chi connectivity index (χ2v) is 7.99. The van der Waals surface area contributed by atoms with Gasteiger partial charge in [0.15, 0.2) is 0 Å². The van der Waals surface area contributed by atoms with Crippen molar-refractivity contribution < 1.29 is 8.85 Å². The van der Waals surface area contributed by atoms with Crippen LogP contribution in [0.1, 0.15) is 79.1 Å². The second kappa shape index (κ2) is 11.3. The standard InChI is InChI=1S/C18H35O2Si/c1-5-8-11-17(6-2)15-21(19-7-3)20-16(4)14-18-12-9-10-13-18/h14,17-18H,5-13,15H2,1-4H3. The largest absolute Gasteiger partial charge is 0.523 e. The van der Waals surface area contributed by atoms with E-state index >= 15 is 0 Å². The number of allylic oxidation sites excluding steroid dienone is 2. The van der Waals surface area contributed by atoms with Crippen LogP contribution in [0.2, 0.25) is 6.04 Å². The maximum atomic E-state index is 6.21. The second-order valence-electron chi connectivity index (χ2n) is 6.35. The summed E-state index contributed by atoms with van der Waals surface area (Å²) in [4.78, 5) is 0. The Hall–Kier alpha value is -0.283. The molecule has 0 aromatic carbocycles. The molecular formula is C18H35O2Si. The number of rotatable bonds is 11. The average molecular weight is 312 g/mol. The zero-order chi connectivity index (χ0) is 15.5. The minimum Gasteiger partial charge on any atom is -0.523 e. The van der Waals surface area contributed by atoms with Gasteiger partial charge in [-0.2, -0.15) is 0 Å². The summed E-state index contributed by atoms with van der Waals surface area (Å²) in [6, 6.07) is 1.13. The monoisotopic (exact) mass is 311 g/mol. The first-order valence-electron chi connectivity index (χ1n) is 9.04. The lowest BCUT2D eigenvalue weighted by Gasteiger charge is -2.21. The summed E-state index contributed by atoms with van der Waals surface area (Å²) in [5, 5.41) is 0. The Balaban J connectivity index is 2.46. The van der Waals surface area contributed by atoms with E-state index in [2.05, 4.69) is 33.8 Å². The molecule has 0 aliphatic heterocycles. The van der Waals surface area contributed by atoms with E-state index < -0.39 is 9.28 Å². The first kappa shape index (κ1) is 18.8. The third-order valence-corrected chi connectivity index (χ3v) is 6.52. The van der Waals surface area contributed by atoms with Gasteiger partial charge in [-0.3, -0.25) is 0 Å². The quantitative estimate of drug-likeness (QED) is 0.352. The Morgan fingerprint density at radius 3 is 2.52 bits per heavy atom. The molecule has 1 fully saturated rings. The van der Waals surface area contributed by atoms with Crippen LogP contribution in [0, 0.1) is 11.8 Å². The van der Waals surface area contributed by atoms with E-state index in [4.69, 9.17) is 8.85 Å². The molecule has 1 unspecified atom stereocenters. The zero-order valence-corrected chi connectivity index (χ0v) is 15.6. The van der Waals surface area contributed by atoms with E-state index in [1.54, 1.807) is 0 Å². The van der Waals surface area contributed by atoms with Gasteiger partial charge in [-0.1, -0.05) is 52.4 Å². The van der Waals surface area contributed by atoms with Crippen molar-refractivity contribution in [2.45, 2.75) is 85.1 Å². The van der Waals surface area contributed by atoms with Crippen LogP contribution in [0.25, 0.3) is 0 Å². The van der Waals surface area contributed by atoms with Crippen molar-refractivity contribution in [1.82, 2.24) is 0 Å². The van der Waals surface area contributed by atoms with Crippen LogP contribution in [-0.4, -0.2) is 15.9 Å². The molecule has 1 atom stereocenters. The van der Waals surface area contributed by atoms with Gasteiger partial charge in [0, 0.05) is 12.7 Å². The van der Waals surface area contributed by atoms with Gasteiger partial charge in [0.25, 0.3) is 0 Å². The molecule has 1 aliphatic rings. The predicted octanol–water partition coefficient (Wildman–Crippen LogP) is 5.84. The average Bonchev–Trinajstić information content (AvgIpc) is 2.96. The molecule has 1 saturated carbocycles. The molecule has 0 aromatic heterocycles. The molecule has 1 aliphatic carbocycles. The maximum absolute atomic E-state index is 6.21. The van der Waals surface area contributed by atoms with E-state index in [0.717, 1.165) is 30.2 Å². The van der Waals surface area contributed by atoms with Crippen LogP contribution in [-0.2, 0) is 8.85 Å². The highest BCUT2D eigenvalue weighted by molar-refractivity contribution is 6.44. The molecule has 0 amide bonds. The maximum Gasteiger partial charge on any atom is 0.457 e. The van der Waals surface area contributed by atoms with Gasteiger partial charge in [-0.15, -0.1) is 0 Å². The van der Waals surface area contributed by atoms with Crippen molar-refractivity contribution in [2.75, 3.05) is 6.61 Å². The molecule has 0 saturated heterocycles. The summed E-state index contributed by atoms with van der Waals surface area (Å²) in [5.74, 6) is 2.62. The number of unbranched alkanes of at least 4 members (excludes halogenated alkanes) is 1. The summed E-state index contributed by atoms with van der Waals surface area (Å²) in [5.41, 5.74) is 0. The lowest BCUT2D eigenvalue weighted by Crippen LogP contribution is -2.25. The Labute approximate surface area is 134 Å². The van der Waals surface area contributed by atoms with Crippen LogP contribution < -0.4 is 0 Å². The molecule has 2 nitrogen and oxygen atoms in total. The number of hydrogen-bond acceptors (Lipinski definition) is 2. The molecule has 21 heavy (non-hydrogen) atoms. The van der Waals surface area contributed by atoms with E-state index in [1.807, 2.05) is 0 Å². The van der Waals surface area contributed by atoms with Gasteiger partial charge >= 0.3 is 9.28 Å². The fourth-order valence-corrected chi connectivity index (χ4v) is 5.11. The molecule has 123 valence electrons. The Kier molecular flexibility index (Phi) is 10.1. The molecule has 0 heterocycles. The predicted molar refractivity (Wildman–Crippen MR) is 92.3 cm³/mol. The highest BCUT2D eigenvalue weighted by atomic mass is 28.3. The minimum absolute atomic E-state index is 0.747. The summed E-state index contributed by atoms with van der Waals surface area (Å²) in [6.45, 7) is 9.54. The van der Waals surface area contributed by atoms with Gasteiger partial charge in [-0.25, -0.2) is 0 Å². The Morgan fingerprint density at radius 1 is 1.24 bits per heavy atom. The normalized spacial score (nSPS) is 18.4. The van der Waals surface area contributed by atoms with Crippen LogP contribution in [0.5, 0.6) is 0 Å². The Bertz CT molecular complexity index is 285. The molecule has 0 N–H and O–H groups in total. The summed E-state index contributed by atoms with van der Waals surface area (Å²) >= 11 is 0. The molecule has 0 spiro atoms. The highest BCUT2D eigenvalue weighted by Gasteiger charge is 2.23. The van der Waals surface area contributed by atoms with Gasteiger partial charge < -0.3 is 8.85 Å². The van der Waals surface area contributed by atoms with Crippen molar-refractivity contribution in [3.05, 3.63) is 11.8 Å². The van der Waals surface area contributed by atoms with E-state index in [-0.39, 0.29) is 0 Å². The van der Waals surface area contributed by atoms with Crippen molar-refractivity contribution in [3.8, 4) is 0 Å². The van der Waals surface area contributed by atoms with E-state index in [0.29, 0.717) is 0 Å². The SMILES string of the molecule is CCCCC(CC)C[Si](OCC)OC(C)=CC1CCCC1. The van der Waals surface area contributed by atoms with Gasteiger partial charge in [-0.05, 0) is 44.6 Å². The lowest BCUT2D eigenvalue weighted by atomic mass is 10.0. The highest BCUT2D eigenvalue weighted by Crippen LogP contribution is 2.27. The molecular weight excluding hydrogens is 276 g/mol. The van der Waals surface area contributed by atoms with Crippen LogP contribution in [0.4, 0.5) is 0 Å². The fourth-order valence-electron chi connectivity index (χ4n) is 3.14. The first-order valence-corrected chi connectivity index (χ1v) is 10.6. The fraction of sp³-hybridized carbons (Fsp3) is 0.889. The summed E-state index contributed by atoms with van der Waals surface area (Å²) < 4.78 is 12.1. The molecule has 1 radical (unpaired) electrons. The van der Waals surface area contributed by atoms with Crippen molar-refractivity contribution in [1.29, 1.82) is 0 Å². The van der Waals surface area contributed by atoms with Gasteiger partial charge in [0.05, 0.1) is 5.76 Å². The summed E-state index contributed by atoms with van der Waals surface area (Å²) in [6.07, 6.45) is 13.0. The van der Waals surface area contributed by atoms with Crippen molar-refractivity contribution in [3.63, 3.8) is 0 Å². The lowest BCUT2D eigenvalue weighted by molar-refractivity contribution is 0.237. The third-order valence-electron chi connectivity index (χ3n) is 4.45. The van der Waals surface area contributed by atoms with Crippen LogP contribution >= 0.6 is 0 Å². The van der Waals surface area contributed by atoms with Gasteiger partial charge in [0.1, 0.15) is 0 Å². The molecule has 0 aromatic rings. The van der Waals surface area contributed by atoms with E-state index in [1.165, 1.54) is 51.4 Å². The summed E-state index contributed by atoms with van der Waals surface area (Å²) in [7, 11) is -1.14. The molecule has 1 rings (SSSR count). The molecule has 0 bridgehead atoms. The topological polar surface area (TPSA) is 18.5 Å². The third kappa shape index (κ3) is 8.06. The zero-order valence-electron chi connectivity index (χ0n) is 14.6. The van der Waals surface area contributed by atoms with Crippen molar-refractivity contribution in [2.24, 2.45) is 11.8 Å². The Morgan fingerprint density at radius 2 is 1.95 bits per heavy atom. The van der Waals surface area contributed by atoms with Crippen LogP contribution in [0.3, 0.4) is 0 Å². The smallest absolute Gasteiger partial charge is 0.457 e. The first-order chi connectivity index (χ1) is 10.2. The van der Waals surface area contributed by atoms with E-state index in [9.17, 15) is 0 Å². The number of hydrogen-bond donors (Lipinski definition) is 0. The minimum atomic E-state index is -1.14.